The molecule has 2 aromatic carbocycles. The van der Waals surface area contributed by atoms with Crippen molar-refractivity contribution in [2.75, 3.05) is 13.7 Å². The van der Waals surface area contributed by atoms with Gasteiger partial charge in [0.25, 0.3) is 5.56 Å². The van der Waals surface area contributed by atoms with Gasteiger partial charge in [-0.15, -0.1) is 0 Å². The molecule has 0 radical (unpaired) electrons. The van der Waals surface area contributed by atoms with Gasteiger partial charge in [0.15, 0.2) is 16.3 Å². The van der Waals surface area contributed by atoms with Crippen LogP contribution in [0.3, 0.4) is 0 Å². The molecule has 0 N–H and O–H groups in total. The molecule has 1 unspecified atom stereocenters. The highest BCUT2D eigenvalue weighted by Gasteiger charge is 2.34. The minimum Gasteiger partial charge on any atom is -0.493 e. The molecule has 190 valence electrons. The number of fused-ring (bicyclic) bond motifs is 1. The monoisotopic (exact) mass is 538 g/mol. The number of carbonyl (C=O) groups excluding carboxylic acids is 2. The van der Waals surface area contributed by atoms with Crippen LogP contribution in [0.5, 0.6) is 11.5 Å². The minimum atomic E-state index is -0.873. The molecule has 1 aliphatic heterocycles. The molecule has 2 heterocycles. The Morgan fingerprint density at radius 1 is 1.22 bits per heavy atom. The predicted octanol–water partition coefficient (Wildman–Crippen LogP) is 3.55. The van der Waals surface area contributed by atoms with Crippen LogP contribution in [0.25, 0.3) is 6.08 Å². The first-order chi connectivity index (χ1) is 17.7. The number of aromatic nitrogens is 1. The van der Waals surface area contributed by atoms with E-state index in [1.54, 1.807) is 49.4 Å². The lowest BCUT2D eigenvalue weighted by Gasteiger charge is -2.25. The van der Waals surface area contributed by atoms with Gasteiger partial charge in [0, 0.05) is 11.9 Å². The standard InChI is InChI=1S/C27H23ClN2O6S/c1-5-12-35-26(33)23-15(2)29-27-30(25(32)22(37-27)14-17-8-6-7-9-19(17)28)24(23)18-10-11-20(36-16(3)31)21(13-18)34-4/h5-11,13-14,24H,1,12H2,2-4H3. The Morgan fingerprint density at radius 2 is 1.97 bits per heavy atom. The summed E-state index contributed by atoms with van der Waals surface area (Å²) in [6.07, 6.45) is 3.15. The number of methoxy groups -OCH3 is 1. The fourth-order valence-corrected chi connectivity index (χ4v) is 5.17. The summed E-state index contributed by atoms with van der Waals surface area (Å²) in [4.78, 5) is 43.4. The second kappa shape index (κ2) is 11.0. The van der Waals surface area contributed by atoms with E-state index in [1.807, 2.05) is 6.07 Å². The normalized spacial score (nSPS) is 15.0. The van der Waals surface area contributed by atoms with Gasteiger partial charge in [-0.1, -0.05) is 59.9 Å². The van der Waals surface area contributed by atoms with Crippen molar-refractivity contribution in [1.29, 1.82) is 0 Å². The van der Waals surface area contributed by atoms with Gasteiger partial charge < -0.3 is 14.2 Å². The van der Waals surface area contributed by atoms with E-state index in [0.29, 0.717) is 31.2 Å². The minimum absolute atomic E-state index is 0.00598. The number of hydrogen-bond acceptors (Lipinski definition) is 8. The van der Waals surface area contributed by atoms with Crippen LogP contribution < -0.4 is 24.4 Å². The number of thiazole rings is 1. The number of allylic oxidation sites excluding steroid dienone is 1. The second-order valence-electron chi connectivity index (χ2n) is 7.99. The van der Waals surface area contributed by atoms with E-state index in [1.165, 1.54) is 36.0 Å². The third-order valence-corrected chi connectivity index (χ3v) is 6.85. The molecule has 37 heavy (non-hydrogen) atoms. The van der Waals surface area contributed by atoms with E-state index >= 15 is 0 Å². The Labute approximate surface area is 221 Å². The molecular weight excluding hydrogens is 516 g/mol. The molecule has 0 bridgehead atoms. The largest absolute Gasteiger partial charge is 0.493 e. The zero-order valence-corrected chi connectivity index (χ0v) is 21.9. The summed E-state index contributed by atoms with van der Waals surface area (Å²) in [5.41, 5.74) is 1.48. The fraction of sp³-hybridized carbons (Fsp3) is 0.185. The van der Waals surface area contributed by atoms with Crippen molar-refractivity contribution in [3.63, 3.8) is 0 Å². The van der Waals surface area contributed by atoms with Gasteiger partial charge in [-0.25, -0.2) is 9.79 Å². The number of nitrogens with zero attached hydrogens (tertiary/aromatic N) is 2. The Kier molecular flexibility index (Phi) is 7.75. The Bertz CT molecular complexity index is 1620. The van der Waals surface area contributed by atoms with Crippen LogP contribution in [-0.2, 0) is 14.3 Å². The first kappa shape index (κ1) is 26.1. The van der Waals surface area contributed by atoms with E-state index in [2.05, 4.69) is 11.6 Å². The Morgan fingerprint density at radius 3 is 2.65 bits per heavy atom. The molecule has 1 aromatic heterocycles. The van der Waals surface area contributed by atoms with E-state index in [4.69, 9.17) is 25.8 Å². The smallest absolute Gasteiger partial charge is 0.338 e. The van der Waals surface area contributed by atoms with Crippen LogP contribution in [-0.4, -0.2) is 30.2 Å². The van der Waals surface area contributed by atoms with Crippen molar-refractivity contribution >= 4 is 41.0 Å². The van der Waals surface area contributed by atoms with Gasteiger partial charge in [-0.05, 0) is 42.3 Å². The lowest BCUT2D eigenvalue weighted by atomic mass is 9.95. The van der Waals surface area contributed by atoms with Gasteiger partial charge in [0.05, 0.1) is 29.0 Å². The quantitative estimate of drug-likeness (QED) is 0.259. The van der Waals surface area contributed by atoms with E-state index in [9.17, 15) is 14.4 Å². The molecule has 0 amide bonds. The van der Waals surface area contributed by atoms with Crippen LogP contribution >= 0.6 is 22.9 Å². The molecule has 0 aliphatic carbocycles. The van der Waals surface area contributed by atoms with Crippen molar-refractivity contribution in [1.82, 2.24) is 4.57 Å². The average molecular weight is 539 g/mol. The Balaban J connectivity index is 1.96. The molecule has 3 aromatic rings. The van der Waals surface area contributed by atoms with Crippen LogP contribution in [0.1, 0.15) is 31.0 Å². The summed E-state index contributed by atoms with van der Waals surface area (Å²) < 4.78 is 17.8. The summed E-state index contributed by atoms with van der Waals surface area (Å²) in [7, 11) is 1.43. The van der Waals surface area contributed by atoms with Gasteiger partial charge in [-0.2, -0.15) is 0 Å². The van der Waals surface area contributed by atoms with Crippen molar-refractivity contribution in [2.24, 2.45) is 4.99 Å². The number of hydrogen-bond donors (Lipinski definition) is 0. The lowest BCUT2D eigenvalue weighted by Crippen LogP contribution is -2.40. The maximum absolute atomic E-state index is 13.7. The zero-order chi connectivity index (χ0) is 26.7. The molecule has 0 spiro atoms. The predicted molar refractivity (Wildman–Crippen MR) is 141 cm³/mol. The van der Waals surface area contributed by atoms with Crippen LogP contribution in [0, 0.1) is 0 Å². The number of halogens is 1. The third kappa shape index (κ3) is 5.28. The van der Waals surface area contributed by atoms with Gasteiger partial charge >= 0.3 is 11.9 Å². The van der Waals surface area contributed by atoms with Gasteiger partial charge in [0.2, 0.25) is 0 Å². The van der Waals surface area contributed by atoms with E-state index < -0.39 is 18.0 Å². The number of carbonyl (C=O) groups is 2. The van der Waals surface area contributed by atoms with Gasteiger partial charge in [0.1, 0.15) is 6.61 Å². The summed E-state index contributed by atoms with van der Waals surface area (Å²) in [6.45, 7) is 6.55. The van der Waals surface area contributed by atoms with Gasteiger partial charge in [-0.3, -0.25) is 14.2 Å². The van der Waals surface area contributed by atoms with Crippen molar-refractivity contribution < 1.29 is 23.8 Å². The van der Waals surface area contributed by atoms with E-state index in [-0.39, 0.29) is 29.2 Å². The third-order valence-electron chi connectivity index (χ3n) is 5.52. The zero-order valence-electron chi connectivity index (χ0n) is 20.3. The molecule has 0 fully saturated rings. The highest BCUT2D eigenvalue weighted by Crippen LogP contribution is 2.36. The topological polar surface area (TPSA) is 96.2 Å². The van der Waals surface area contributed by atoms with Crippen molar-refractivity contribution in [3.8, 4) is 11.5 Å². The number of rotatable bonds is 7. The first-order valence-corrected chi connectivity index (χ1v) is 12.4. The van der Waals surface area contributed by atoms with Crippen LogP contribution in [0.2, 0.25) is 5.02 Å². The van der Waals surface area contributed by atoms with Crippen molar-refractivity contribution in [2.45, 2.75) is 19.9 Å². The number of benzene rings is 2. The SMILES string of the molecule is C=CCOC(=O)C1=C(C)N=c2sc(=Cc3ccccc3Cl)c(=O)n2C1c1ccc(OC(C)=O)c(OC)c1. The van der Waals surface area contributed by atoms with Crippen molar-refractivity contribution in [3.05, 3.63) is 102 Å². The van der Waals surface area contributed by atoms with E-state index in [0.717, 1.165) is 0 Å². The molecular formula is C27H23ClN2O6S. The summed E-state index contributed by atoms with van der Waals surface area (Å²) in [5, 5.41) is 0.501. The number of esters is 2. The number of ether oxygens (including phenoxy) is 3. The molecule has 0 saturated heterocycles. The molecule has 1 atom stereocenters. The highest BCUT2D eigenvalue weighted by molar-refractivity contribution is 7.07. The van der Waals surface area contributed by atoms with Crippen LogP contribution in [0.15, 0.2) is 76.2 Å². The average Bonchev–Trinajstić information content (AvgIpc) is 3.17. The maximum Gasteiger partial charge on any atom is 0.338 e. The lowest BCUT2D eigenvalue weighted by molar-refractivity contribution is -0.138. The highest BCUT2D eigenvalue weighted by atomic mass is 35.5. The molecule has 4 rings (SSSR count). The summed E-state index contributed by atoms with van der Waals surface area (Å²) in [6, 6.07) is 11.1. The fourth-order valence-electron chi connectivity index (χ4n) is 3.94. The Hall–Kier alpha value is -3.95. The summed E-state index contributed by atoms with van der Waals surface area (Å²) >= 11 is 7.50. The first-order valence-electron chi connectivity index (χ1n) is 11.2. The molecule has 8 nitrogen and oxygen atoms in total. The molecule has 1 aliphatic rings. The maximum atomic E-state index is 13.7. The van der Waals surface area contributed by atoms with Crippen LogP contribution in [0.4, 0.5) is 0 Å². The summed E-state index contributed by atoms with van der Waals surface area (Å²) in [5.74, 6) is -0.668. The second-order valence-corrected chi connectivity index (χ2v) is 9.41. The molecule has 0 saturated carbocycles. The molecule has 10 heteroatoms.